The largest absolute Gasteiger partial charge is 0.356 e. The molecule has 0 atom stereocenters. The third kappa shape index (κ3) is 7.03. The van der Waals surface area contributed by atoms with Crippen molar-refractivity contribution >= 4 is 74.5 Å². The number of hydrogen-bond donors (Lipinski definition) is 1. The van der Waals surface area contributed by atoms with E-state index in [0.29, 0.717) is 46.2 Å². The normalized spacial score (nSPS) is 11.4. The van der Waals surface area contributed by atoms with Gasteiger partial charge >= 0.3 is 0 Å². The first-order valence-corrected chi connectivity index (χ1v) is 14.8. The van der Waals surface area contributed by atoms with Gasteiger partial charge in [-0.05, 0) is 60.7 Å². The van der Waals surface area contributed by atoms with E-state index in [2.05, 4.69) is 32.2 Å². The van der Waals surface area contributed by atoms with E-state index < -0.39 is 0 Å². The molecule has 2 aromatic heterocycles. The fourth-order valence-corrected chi connectivity index (χ4v) is 5.93. The van der Waals surface area contributed by atoms with Gasteiger partial charge in [0, 0.05) is 45.7 Å². The quantitative estimate of drug-likeness (QED) is 0.125. The van der Waals surface area contributed by atoms with E-state index in [-0.39, 0.29) is 5.91 Å². The van der Waals surface area contributed by atoms with Crippen molar-refractivity contribution < 1.29 is 4.79 Å². The molecule has 0 fully saturated rings. The molecule has 200 valence electrons. The number of carbonyl (C=O) groups is 1. The van der Waals surface area contributed by atoms with Gasteiger partial charge in [0.25, 0.3) is 0 Å². The van der Waals surface area contributed by atoms with Crippen LogP contribution in [0.5, 0.6) is 0 Å². The van der Waals surface area contributed by atoms with E-state index in [1.165, 1.54) is 0 Å². The highest BCUT2D eigenvalue weighted by Crippen LogP contribution is 2.28. The van der Waals surface area contributed by atoms with Crippen LogP contribution in [0.2, 0.25) is 15.1 Å². The Labute approximate surface area is 246 Å². The molecule has 6 nitrogen and oxygen atoms in total. The van der Waals surface area contributed by atoms with Crippen molar-refractivity contribution in [2.75, 3.05) is 12.3 Å². The first kappa shape index (κ1) is 27.7. The molecule has 0 bridgehead atoms. The predicted octanol–water partition coefficient (Wildman–Crippen LogP) is 7.61. The molecule has 10 heteroatoms. The molecule has 5 rings (SSSR count). The Morgan fingerprint density at radius 3 is 2.62 bits per heavy atom. The number of nitrogens with zero attached hydrogens (tertiary/aromatic N) is 4. The molecular weight excluding hydrogens is 573 g/mol. The Morgan fingerprint density at radius 1 is 0.923 bits per heavy atom. The average Bonchev–Trinajstić information content (AvgIpc) is 3.22. The number of para-hydroxylation sites is 1. The Bertz CT molecular complexity index is 1620. The maximum absolute atomic E-state index is 12.2. The summed E-state index contributed by atoms with van der Waals surface area (Å²) in [6.07, 6.45) is 2.79. The molecule has 0 saturated carbocycles. The topological polar surface area (TPSA) is 72.7 Å². The van der Waals surface area contributed by atoms with Crippen LogP contribution in [-0.4, -0.2) is 38.0 Å². The van der Waals surface area contributed by atoms with Crippen molar-refractivity contribution in [1.29, 1.82) is 0 Å². The molecule has 2 heterocycles. The maximum Gasteiger partial charge on any atom is 0.220 e. The molecule has 0 unspecified atom stereocenters. The highest BCUT2D eigenvalue weighted by atomic mass is 35.5. The van der Waals surface area contributed by atoms with Crippen molar-refractivity contribution in [2.45, 2.75) is 37.4 Å². The predicted molar refractivity (Wildman–Crippen MR) is 161 cm³/mol. The summed E-state index contributed by atoms with van der Waals surface area (Å²) in [5, 5.41) is 15.4. The Morgan fingerprint density at radius 2 is 1.77 bits per heavy atom. The van der Waals surface area contributed by atoms with Gasteiger partial charge in [-0.3, -0.25) is 4.79 Å². The zero-order valence-electron chi connectivity index (χ0n) is 21.0. The molecule has 0 spiro atoms. The van der Waals surface area contributed by atoms with E-state index in [0.717, 1.165) is 51.8 Å². The summed E-state index contributed by atoms with van der Waals surface area (Å²) in [7, 11) is 0. The number of aromatic nitrogens is 4. The Hall–Kier alpha value is -2.84. The molecule has 1 amide bonds. The van der Waals surface area contributed by atoms with Crippen molar-refractivity contribution in [3.63, 3.8) is 0 Å². The fourth-order valence-electron chi connectivity index (χ4n) is 4.43. The summed E-state index contributed by atoms with van der Waals surface area (Å²) in [5.41, 5.74) is 4.70. The van der Waals surface area contributed by atoms with Crippen LogP contribution in [0.4, 0.5) is 0 Å². The van der Waals surface area contributed by atoms with E-state index in [1.807, 2.05) is 42.5 Å². The number of fused-ring (bicyclic) bond motifs is 3. The number of nitrogens with one attached hydrogen (secondary N) is 1. The molecule has 0 radical (unpaired) electrons. The lowest BCUT2D eigenvalue weighted by atomic mass is 10.1. The first-order chi connectivity index (χ1) is 19.0. The third-order valence-electron chi connectivity index (χ3n) is 6.35. The molecule has 0 aliphatic rings. The van der Waals surface area contributed by atoms with Gasteiger partial charge in [-0.1, -0.05) is 83.0 Å². The zero-order chi connectivity index (χ0) is 27.2. The fraction of sp³-hybridized carbons (Fsp3) is 0.241. The zero-order valence-corrected chi connectivity index (χ0v) is 24.1. The van der Waals surface area contributed by atoms with Crippen LogP contribution < -0.4 is 5.32 Å². The molecule has 0 aliphatic heterocycles. The number of benzene rings is 3. The van der Waals surface area contributed by atoms with Crippen LogP contribution in [0.25, 0.3) is 22.1 Å². The van der Waals surface area contributed by atoms with E-state index in [4.69, 9.17) is 39.8 Å². The number of amides is 1. The van der Waals surface area contributed by atoms with Crippen LogP contribution in [0.3, 0.4) is 0 Å². The van der Waals surface area contributed by atoms with Gasteiger partial charge in [0.05, 0.1) is 5.52 Å². The number of hydrogen-bond acceptors (Lipinski definition) is 5. The Balaban J connectivity index is 1.15. The van der Waals surface area contributed by atoms with Crippen LogP contribution in [0.1, 0.15) is 30.4 Å². The minimum absolute atomic E-state index is 0.0370. The molecule has 39 heavy (non-hydrogen) atoms. The molecule has 1 N–H and O–H groups in total. The summed E-state index contributed by atoms with van der Waals surface area (Å²) < 4.78 is 2.16. The summed E-state index contributed by atoms with van der Waals surface area (Å²) in [6.45, 7) is 1.17. The number of rotatable bonds is 11. The summed E-state index contributed by atoms with van der Waals surface area (Å²) in [4.78, 5) is 17.1. The summed E-state index contributed by atoms with van der Waals surface area (Å²) in [5.74, 6) is 0.838. The number of unbranched alkanes of at least 4 members (excludes halogenated alkanes) is 1. The van der Waals surface area contributed by atoms with Gasteiger partial charge in [0.2, 0.25) is 11.1 Å². The SMILES string of the molecule is O=C(CCCCSc1nnc2c3ccccc3n(Cc3cccc(Cl)c3)c2n1)NCCc1ccc(Cl)cc1Cl. The first-order valence-electron chi connectivity index (χ1n) is 12.7. The van der Waals surface area contributed by atoms with Crippen LogP contribution >= 0.6 is 46.6 Å². The smallest absolute Gasteiger partial charge is 0.220 e. The van der Waals surface area contributed by atoms with E-state index in [1.54, 1.807) is 23.9 Å². The summed E-state index contributed by atoms with van der Waals surface area (Å²) >= 11 is 19.9. The van der Waals surface area contributed by atoms with Crippen LogP contribution in [0.15, 0.2) is 71.9 Å². The molecule has 0 saturated heterocycles. The molecular formula is C29H26Cl3N5OS. The van der Waals surface area contributed by atoms with E-state index >= 15 is 0 Å². The number of carbonyl (C=O) groups excluding carboxylic acids is 1. The number of halogens is 3. The second-order valence-corrected chi connectivity index (χ2v) is 11.5. The molecule has 3 aromatic carbocycles. The van der Waals surface area contributed by atoms with Gasteiger partial charge in [-0.2, -0.15) is 0 Å². The Kier molecular flexibility index (Phi) is 9.24. The van der Waals surface area contributed by atoms with Gasteiger partial charge < -0.3 is 9.88 Å². The van der Waals surface area contributed by atoms with Crippen LogP contribution in [-0.2, 0) is 17.8 Å². The van der Waals surface area contributed by atoms with Crippen molar-refractivity contribution in [2.24, 2.45) is 0 Å². The van der Waals surface area contributed by atoms with Crippen molar-refractivity contribution in [1.82, 2.24) is 25.1 Å². The minimum atomic E-state index is 0.0370. The second-order valence-electron chi connectivity index (χ2n) is 9.14. The number of thioether (sulfide) groups is 1. The second kappa shape index (κ2) is 13.0. The van der Waals surface area contributed by atoms with Gasteiger partial charge in [-0.15, -0.1) is 10.2 Å². The van der Waals surface area contributed by atoms with Gasteiger partial charge in [0.1, 0.15) is 5.52 Å². The highest BCUT2D eigenvalue weighted by Gasteiger charge is 2.15. The lowest BCUT2D eigenvalue weighted by Gasteiger charge is -2.08. The lowest BCUT2D eigenvalue weighted by Crippen LogP contribution is -2.25. The van der Waals surface area contributed by atoms with Crippen molar-refractivity contribution in [3.8, 4) is 0 Å². The highest BCUT2D eigenvalue weighted by molar-refractivity contribution is 7.99. The minimum Gasteiger partial charge on any atom is -0.356 e. The standard InChI is InChI=1S/C29H26Cl3N5OS/c30-21-7-5-6-19(16-21)18-37-25-9-2-1-8-23(25)27-28(37)34-29(36-35-27)39-15-4-3-10-26(38)33-14-13-20-11-12-22(31)17-24(20)32/h1-2,5-9,11-12,16-17H,3-4,10,13-15,18H2,(H,33,38). The lowest BCUT2D eigenvalue weighted by molar-refractivity contribution is -0.121. The maximum atomic E-state index is 12.2. The molecule has 0 aliphatic carbocycles. The van der Waals surface area contributed by atoms with Gasteiger partial charge in [-0.25, -0.2) is 4.98 Å². The third-order valence-corrected chi connectivity index (χ3v) is 8.09. The average molecular weight is 599 g/mol. The van der Waals surface area contributed by atoms with Gasteiger partial charge in [0.15, 0.2) is 5.65 Å². The van der Waals surface area contributed by atoms with Crippen LogP contribution in [0, 0.1) is 0 Å². The monoisotopic (exact) mass is 597 g/mol. The molecule has 5 aromatic rings. The van der Waals surface area contributed by atoms with E-state index in [9.17, 15) is 4.79 Å². The summed E-state index contributed by atoms with van der Waals surface area (Å²) in [6, 6.07) is 21.4. The van der Waals surface area contributed by atoms with Crippen molar-refractivity contribution in [3.05, 3.63) is 92.9 Å².